The number of hydrogen-bond donors (Lipinski definition) is 2. The molecule has 180 valence electrons. The van der Waals surface area contributed by atoms with Gasteiger partial charge >= 0.3 is 0 Å². The fourth-order valence-corrected chi connectivity index (χ4v) is 4.26. The number of carbonyl (C=O) groups is 2. The largest absolute Gasteiger partial charge is 0.368 e. The Kier molecular flexibility index (Phi) is 6.69. The fraction of sp³-hybridized carbons (Fsp3) is 0.250. The molecule has 1 aliphatic heterocycles. The number of aromatic nitrogens is 2. The Morgan fingerprint density at radius 2 is 1.97 bits per heavy atom. The van der Waals surface area contributed by atoms with Crippen LogP contribution >= 0.6 is 0 Å². The molecule has 35 heavy (non-hydrogen) atoms. The van der Waals surface area contributed by atoms with E-state index in [4.69, 9.17) is 5.73 Å². The molecule has 1 aliphatic rings. The first-order valence-electron chi connectivity index (χ1n) is 11.0. The third-order valence-electron chi connectivity index (χ3n) is 5.89. The molecule has 2 aromatic carbocycles. The Morgan fingerprint density at radius 3 is 2.71 bits per heavy atom. The Hall–Kier alpha value is -4.38. The molecular weight excluding hydrogens is 452 g/mol. The lowest BCUT2D eigenvalue weighted by Gasteiger charge is -2.22. The average Bonchev–Trinajstić information content (AvgIpc) is 3.28. The first kappa shape index (κ1) is 23.8. The number of benzene rings is 2. The van der Waals surface area contributed by atoms with Crippen LogP contribution in [0.4, 0.5) is 11.4 Å². The van der Waals surface area contributed by atoms with Gasteiger partial charge in [-0.1, -0.05) is 24.3 Å². The summed E-state index contributed by atoms with van der Waals surface area (Å²) < 4.78 is 1.21. The molecule has 11 heteroatoms. The Morgan fingerprint density at radius 1 is 1.20 bits per heavy atom. The maximum Gasteiger partial charge on any atom is 0.294 e. The maximum atomic E-state index is 13.0. The van der Waals surface area contributed by atoms with E-state index < -0.39 is 22.0 Å². The molecule has 2 heterocycles. The van der Waals surface area contributed by atoms with Gasteiger partial charge in [0.05, 0.1) is 11.0 Å². The second kappa shape index (κ2) is 9.85. The summed E-state index contributed by atoms with van der Waals surface area (Å²) in [6.45, 7) is 2.82. The highest BCUT2D eigenvalue weighted by molar-refractivity contribution is 6.02. The standard InChI is InChI=1S/C24H24N6O5/c1-15-12-21(31)22(27-29(15)18-8-2-3-9-19(18)30(34)35)24(33)26-17-7-4-6-16(13-17)14-28-11-5-10-20(28)23(25)32/h2-4,6-9,12-13,20H,5,10-11,14H2,1H3,(H2,25,32)(H,26,33). The number of nitrogens with two attached hydrogens (primary N) is 1. The SMILES string of the molecule is Cc1cc(=O)c(C(=O)Nc2cccc(CN3CCCC3C(N)=O)c2)nn1-c1ccccc1[N+](=O)[O-]. The molecule has 1 aromatic heterocycles. The second-order valence-electron chi connectivity index (χ2n) is 8.34. The molecule has 0 radical (unpaired) electrons. The number of nitrogens with one attached hydrogen (secondary N) is 1. The summed E-state index contributed by atoms with van der Waals surface area (Å²) in [5, 5.41) is 18.3. The third kappa shape index (κ3) is 5.09. The molecule has 0 saturated carbocycles. The van der Waals surface area contributed by atoms with Crippen LogP contribution in [-0.2, 0) is 11.3 Å². The van der Waals surface area contributed by atoms with Gasteiger partial charge in [0.1, 0.15) is 5.69 Å². The van der Waals surface area contributed by atoms with E-state index in [0.717, 1.165) is 24.9 Å². The van der Waals surface area contributed by atoms with Crippen molar-refractivity contribution in [2.75, 3.05) is 11.9 Å². The van der Waals surface area contributed by atoms with Gasteiger partial charge in [-0.2, -0.15) is 5.10 Å². The van der Waals surface area contributed by atoms with Crippen molar-refractivity contribution in [3.8, 4) is 5.69 Å². The fourth-order valence-electron chi connectivity index (χ4n) is 4.26. The van der Waals surface area contributed by atoms with Crippen molar-refractivity contribution in [1.29, 1.82) is 0 Å². The number of carbonyl (C=O) groups excluding carboxylic acids is 2. The molecule has 3 aromatic rings. The number of para-hydroxylation sites is 2. The molecule has 0 aliphatic carbocycles. The number of nitro benzene ring substituents is 1. The first-order chi connectivity index (χ1) is 16.7. The number of rotatable bonds is 7. The van der Waals surface area contributed by atoms with Crippen LogP contribution in [0.25, 0.3) is 5.69 Å². The number of anilines is 1. The predicted molar refractivity (Wildman–Crippen MR) is 128 cm³/mol. The Balaban J connectivity index is 1.59. The van der Waals surface area contributed by atoms with Crippen molar-refractivity contribution >= 4 is 23.2 Å². The van der Waals surface area contributed by atoms with Gasteiger partial charge in [0.15, 0.2) is 5.69 Å². The van der Waals surface area contributed by atoms with E-state index >= 15 is 0 Å². The second-order valence-corrected chi connectivity index (χ2v) is 8.34. The van der Waals surface area contributed by atoms with Crippen LogP contribution in [0.15, 0.2) is 59.4 Å². The smallest absolute Gasteiger partial charge is 0.294 e. The molecule has 1 atom stereocenters. The molecule has 1 unspecified atom stereocenters. The zero-order chi connectivity index (χ0) is 25.1. The average molecular weight is 476 g/mol. The van der Waals surface area contributed by atoms with Crippen molar-refractivity contribution < 1.29 is 14.5 Å². The highest BCUT2D eigenvalue weighted by atomic mass is 16.6. The number of hydrogen-bond acceptors (Lipinski definition) is 7. The molecule has 0 spiro atoms. The van der Waals surface area contributed by atoms with Crippen molar-refractivity contribution in [2.24, 2.45) is 5.73 Å². The number of amides is 2. The van der Waals surface area contributed by atoms with E-state index in [2.05, 4.69) is 10.4 Å². The molecule has 1 fully saturated rings. The van der Waals surface area contributed by atoms with Crippen molar-refractivity contribution in [2.45, 2.75) is 32.4 Å². The van der Waals surface area contributed by atoms with Crippen LogP contribution in [0.5, 0.6) is 0 Å². The van der Waals surface area contributed by atoms with Crippen LogP contribution in [0, 0.1) is 17.0 Å². The highest BCUT2D eigenvalue weighted by Gasteiger charge is 2.28. The number of nitrogens with zero attached hydrogens (tertiary/aromatic N) is 4. The van der Waals surface area contributed by atoms with E-state index in [0.29, 0.717) is 17.9 Å². The number of likely N-dealkylation sites (tertiary alicyclic amines) is 1. The summed E-state index contributed by atoms with van der Waals surface area (Å²) in [4.78, 5) is 50.1. The quantitative estimate of drug-likeness (QED) is 0.391. The van der Waals surface area contributed by atoms with Crippen molar-refractivity contribution in [3.05, 3.63) is 91.9 Å². The van der Waals surface area contributed by atoms with Gasteiger partial charge in [-0.05, 0) is 50.1 Å². The molecule has 4 rings (SSSR count). The summed E-state index contributed by atoms with van der Waals surface area (Å²) in [5.74, 6) is -1.09. The highest BCUT2D eigenvalue weighted by Crippen LogP contribution is 2.23. The van der Waals surface area contributed by atoms with E-state index in [1.165, 1.54) is 28.9 Å². The van der Waals surface area contributed by atoms with Crippen LogP contribution < -0.4 is 16.5 Å². The summed E-state index contributed by atoms with van der Waals surface area (Å²) in [6, 6.07) is 13.9. The normalized spacial score (nSPS) is 15.6. The lowest BCUT2D eigenvalue weighted by atomic mass is 10.1. The van der Waals surface area contributed by atoms with Crippen LogP contribution in [-0.4, -0.2) is 44.0 Å². The minimum Gasteiger partial charge on any atom is -0.368 e. The molecule has 3 N–H and O–H groups in total. The molecule has 0 bridgehead atoms. The van der Waals surface area contributed by atoms with Gasteiger partial charge in [0.2, 0.25) is 11.3 Å². The number of primary amides is 1. The molecule has 1 saturated heterocycles. The molecule has 2 amide bonds. The molecule has 11 nitrogen and oxygen atoms in total. The summed E-state index contributed by atoms with van der Waals surface area (Å²) in [6.07, 6.45) is 1.60. The Labute approximate surface area is 200 Å². The lowest BCUT2D eigenvalue weighted by Crippen LogP contribution is -2.39. The first-order valence-corrected chi connectivity index (χ1v) is 11.0. The Bertz CT molecular complexity index is 1370. The van der Waals surface area contributed by atoms with Crippen molar-refractivity contribution in [1.82, 2.24) is 14.7 Å². The minimum absolute atomic E-state index is 0.140. The van der Waals surface area contributed by atoms with E-state index in [-0.39, 0.29) is 23.3 Å². The monoisotopic (exact) mass is 476 g/mol. The zero-order valence-corrected chi connectivity index (χ0v) is 19.0. The predicted octanol–water partition coefficient (Wildman–Crippen LogP) is 2.15. The summed E-state index contributed by atoms with van der Waals surface area (Å²) in [7, 11) is 0. The van der Waals surface area contributed by atoms with Gasteiger partial charge in [-0.25, -0.2) is 4.68 Å². The summed E-state index contributed by atoms with van der Waals surface area (Å²) >= 11 is 0. The van der Waals surface area contributed by atoms with E-state index in [1.54, 1.807) is 31.2 Å². The number of aryl methyl sites for hydroxylation is 1. The van der Waals surface area contributed by atoms with Gasteiger partial charge in [-0.15, -0.1) is 0 Å². The zero-order valence-electron chi connectivity index (χ0n) is 19.0. The van der Waals surface area contributed by atoms with E-state index in [9.17, 15) is 24.5 Å². The van der Waals surface area contributed by atoms with Gasteiger partial charge in [-0.3, -0.25) is 29.4 Å². The van der Waals surface area contributed by atoms with Gasteiger partial charge in [0.25, 0.3) is 11.6 Å². The maximum absolute atomic E-state index is 13.0. The van der Waals surface area contributed by atoms with Crippen LogP contribution in [0.3, 0.4) is 0 Å². The number of nitro groups is 1. The van der Waals surface area contributed by atoms with Crippen LogP contribution in [0.2, 0.25) is 0 Å². The minimum atomic E-state index is -0.740. The lowest BCUT2D eigenvalue weighted by molar-refractivity contribution is -0.384. The van der Waals surface area contributed by atoms with Crippen molar-refractivity contribution in [3.63, 3.8) is 0 Å². The third-order valence-corrected chi connectivity index (χ3v) is 5.89. The topological polar surface area (TPSA) is 153 Å². The van der Waals surface area contributed by atoms with Crippen LogP contribution in [0.1, 0.15) is 34.6 Å². The van der Waals surface area contributed by atoms with E-state index in [1.807, 2.05) is 11.0 Å². The van der Waals surface area contributed by atoms with Gasteiger partial charge < -0.3 is 11.1 Å². The molecular formula is C24H24N6O5. The summed E-state index contributed by atoms with van der Waals surface area (Å²) in [5.41, 5.74) is 6.08. The van der Waals surface area contributed by atoms with Gasteiger partial charge in [0, 0.05) is 30.1 Å².